The van der Waals surface area contributed by atoms with Crippen LogP contribution >= 0.6 is 0 Å². The minimum absolute atomic E-state index is 0.109. The highest BCUT2D eigenvalue weighted by atomic mass is 16.6. The normalized spacial score (nSPS) is 20.4. The molecule has 0 saturated carbocycles. The van der Waals surface area contributed by atoms with E-state index in [2.05, 4.69) is 39.8 Å². The van der Waals surface area contributed by atoms with Gasteiger partial charge in [-0.25, -0.2) is 9.59 Å². The fraction of sp³-hybridized carbons (Fsp3) is 0.600. The summed E-state index contributed by atoms with van der Waals surface area (Å²) < 4.78 is 5.02. The number of hydrogen-bond acceptors (Lipinski definition) is 4. The SMILES string of the molecule is CCOC(=O)N1CCC(NC(=O)NCC2CCN(c3ccccc3)C2)CC1. The van der Waals surface area contributed by atoms with Crippen molar-refractivity contribution in [1.82, 2.24) is 15.5 Å². The molecular weight excluding hydrogens is 344 g/mol. The van der Waals surface area contributed by atoms with Crippen LogP contribution < -0.4 is 15.5 Å². The number of rotatable bonds is 5. The fourth-order valence-corrected chi connectivity index (χ4v) is 3.77. The standard InChI is InChI=1S/C20H30N4O3/c1-2-27-20(26)23-12-9-17(10-13-23)22-19(25)21-14-16-8-11-24(15-16)18-6-4-3-5-7-18/h3-7,16-17H,2,8-15H2,1H3,(H2,21,22,25). The number of ether oxygens (including phenoxy) is 1. The van der Waals surface area contributed by atoms with Crippen molar-refractivity contribution in [3.63, 3.8) is 0 Å². The summed E-state index contributed by atoms with van der Waals surface area (Å²) in [4.78, 5) is 28.0. The number of likely N-dealkylation sites (tertiary alicyclic amines) is 1. The summed E-state index contributed by atoms with van der Waals surface area (Å²) in [6.45, 7) is 6.14. The second kappa shape index (κ2) is 9.48. The zero-order chi connectivity index (χ0) is 19.1. The summed E-state index contributed by atoms with van der Waals surface area (Å²) in [6.07, 6.45) is 2.35. The van der Waals surface area contributed by atoms with E-state index in [1.807, 2.05) is 6.07 Å². The van der Waals surface area contributed by atoms with E-state index < -0.39 is 0 Å². The molecule has 0 radical (unpaired) electrons. The average molecular weight is 374 g/mol. The molecule has 1 aromatic rings. The lowest BCUT2D eigenvalue weighted by Gasteiger charge is -2.31. The molecule has 148 valence electrons. The number of nitrogens with zero attached hydrogens (tertiary/aromatic N) is 2. The molecule has 1 aromatic carbocycles. The molecule has 2 heterocycles. The highest BCUT2D eigenvalue weighted by Crippen LogP contribution is 2.22. The summed E-state index contributed by atoms with van der Waals surface area (Å²) in [5.41, 5.74) is 1.25. The first-order chi connectivity index (χ1) is 13.2. The van der Waals surface area contributed by atoms with Crippen molar-refractivity contribution in [3.05, 3.63) is 30.3 Å². The molecule has 2 aliphatic rings. The maximum absolute atomic E-state index is 12.2. The molecule has 27 heavy (non-hydrogen) atoms. The molecule has 1 atom stereocenters. The lowest BCUT2D eigenvalue weighted by Crippen LogP contribution is -2.49. The van der Waals surface area contributed by atoms with Crippen molar-refractivity contribution in [2.24, 2.45) is 5.92 Å². The lowest BCUT2D eigenvalue weighted by atomic mass is 10.1. The van der Waals surface area contributed by atoms with Gasteiger partial charge >= 0.3 is 12.1 Å². The minimum Gasteiger partial charge on any atom is -0.450 e. The number of urea groups is 1. The van der Waals surface area contributed by atoms with E-state index in [-0.39, 0.29) is 18.2 Å². The summed E-state index contributed by atoms with van der Waals surface area (Å²) >= 11 is 0. The predicted molar refractivity (Wildman–Crippen MR) is 105 cm³/mol. The van der Waals surface area contributed by atoms with Crippen molar-refractivity contribution in [1.29, 1.82) is 0 Å². The van der Waals surface area contributed by atoms with E-state index in [1.165, 1.54) is 5.69 Å². The van der Waals surface area contributed by atoms with Crippen LogP contribution in [-0.4, -0.2) is 62.4 Å². The molecule has 7 nitrogen and oxygen atoms in total. The Morgan fingerprint density at radius 3 is 2.56 bits per heavy atom. The van der Waals surface area contributed by atoms with Gasteiger partial charge in [-0.1, -0.05) is 18.2 Å². The van der Waals surface area contributed by atoms with Crippen LogP contribution in [0.3, 0.4) is 0 Å². The molecule has 7 heteroatoms. The molecule has 0 bridgehead atoms. The smallest absolute Gasteiger partial charge is 0.409 e. The van der Waals surface area contributed by atoms with Crippen LogP contribution in [0, 0.1) is 5.92 Å². The van der Waals surface area contributed by atoms with Gasteiger partial charge in [-0.3, -0.25) is 0 Å². The molecule has 2 N–H and O–H groups in total. The Labute approximate surface area is 161 Å². The van der Waals surface area contributed by atoms with Gasteiger partial charge in [-0.2, -0.15) is 0 Å². The van der Waals surface area contributed by atoms with Gasteiger partial charge in [0.25, 0.3) is 0 Å². The number of carbonyl (C=O) groups excluding carboxylic acids is 2. The van der Waals surface area contributed by atoms with Gasteiger partial charge in [-0.05, 0) is 44.2 Å². The van der Waals surface area contributed by atoms with Crippen LogP contribution in [0.4, 0.5) is 15.3 Å². The summed E-state index contributed by atoms with van der Waals surface area (Å²) in [6, 6.07) is 10.4. The first-order valence-corrected chi connectivity index (χ1v) is 9.91. The Bertz CT molecular complexity index is 617. The number of anilines is 1. The number of nitrogens with one attached hydrogen (secondary N) is 2. The van der Waals surface area contributed by atoms with Crippen LogP contribution in [0.5, 0.6) is 0 Å². The lowest BCUT2D eigenvalue weighted by molar-refractivity contribution is 0.0957. The third-order valence-electron chi connectivity index (χ3n) is 5.31. The van der Waals surface area contributed by atoms with Crippen molar-refractivity contribution in [2.75, 3.05) is 44.2 Å². The first kappa shape index (κ1) is 19.3. The topological polar surface area (TPSA) is 73.9 Å². The third kappa shape index (κ3) is 5.52. The van der Waals surface area contributed by atoms with Crippen molar-refractivity contribution >= 4 is 17.8 Å². The Morgan fingerprint density at radius 1 is 1.11 bits per heavy atom. The van der Waals surface area contributed by atoms with Gasteiger partial charge in [0.15, 0.2) is 0 Å². The molecule has 3 rings (SSSR count). The first-order valence-electron chi connectivity index (χ1n) is 9.91. The van der Waals surface area contributed by atoms with Gasteiger partial charge in [0.2, 0.25) is 0 Å². The Balaban J connectivity index is 1.33. The van der Waals surface area contributed by atoms with Crippen LogP contribution in [-0.2, 0) is 4.74 Å². The van der Waals surface area contributed by atoms with E-state index in [0.717, 1.165) is 32.4 Å². The second-order valence-corrected chi connectivity index (χ2v) is 7.25. The van der Waals surface area contributed by atoms with E-state index in [9.17, 15) is 9.59 Å². The van der Waals surface area contributed by atoms with Gasteiger partial charge in [0, 0.05) is 44.5 Å². The Hall–Kier alpha value is -2.44. The van der Waals surface area contributed by atoms with Gasteiger partial charge in [-0.15, -0.1) is 0 Å². The predicted octanol–water partition coefficient (Wildman–Crippen LogP) is 2.43. The van der Waals surface area contributed by atoms with Crippen molar-refractivity contribution < 1.29 is 14.3 Å². The molecular formula is C20H30N4O3. The quantitative estimate of drug-likeness (QED) is 0.830. The molecule has 2 fully saturated rings. The Morgan fingerprint density at radius 2 is 1.85 bits per heavy atom. The number of carbonyl (C=O) groups is 2. The zero-order valence-corrected chi connectivity index (χ0v) is 16.0. The number of amides is 3. The molecule has 0 aliphatic carbocycles. The van der Waals surface area contributed by atoms with Gasteiger partial charge in [0.1, 0.15) is 0 Å². The number of piperidine rings is 1. The molecule has 0 spiro atoms. The Kier molecular flexibility index (Phi) is 6.79. The van der Waals surface area contributed by atoms with E-state index in [0.29, 0.717) is 32.2 Å². The molecule has 1 unspecified atom stereocenters. The van der Waals surface area contributed by atoms with Crippen LogP contribution in [0.25, 0.3) is 0 Å². The summed E-state index contributed by atoms with van der Waals surface area (Å²) in [5.74, 6) is 0.474. The largest absolute Gasteiger partial charge is 0.450 e. The second-order valence-electron chi connectivity index (χ2n) is 7.25. The molecule has 3 amide bonds. The monoisotopic (exact) mass is 374 g/mol. The van der Waals surface area contributed by atoms with E-state index in [4.69, 9.17) is 4.74 Å². The van der Waals surface area contributed by atoms with E-state index in [1.54, 1.807) is 11.8 Å². The van der Waals surface area contributed by atoms with E-state index >= 15 is 0 Å². The average Bonchev–Trinajstić information content (AvgIpc) is 3.17. The van der Waals surface area contributed by atoms with Crippen LogP contribution in [0.1, 0.15) is 26.2 Å². The summed E-state index contributed by atoms with van der Waals surface area (Å²) in [5, 5.41) is 6.05. The summed E-state index contributed by atoms with van der Waals surface area (Å²) in [7, 11) is 0. The molecule has 2 aliphatic heterocycles. The maximum atomic E-state index is 12.2. The third-order valence-corrected chi connectivity index (χ3v) is 5.31. The minimum atomic E-state index is -0.260. The zero-order valence-electron chi connectivity index (χ0n) is 16.0. The van der Waals surface area contributed by atoms with Gasteiger partial charge in [0.05, 0.1) is 6.61 Å². The van der Waals surface area contributed by atoms with Gasteiger partial charge < -0.3 is 25.2 Å². The molecule has 2 saturated heterocycles. The number of benzene rings is 1. The van der Waals surface area contributed by atoms with Crippen LogP contribution in [0.15, 0.2) is 30.3 Å². The highest BCUT2D eigenvalue weighted by molar-refractivity contribution is 5.74. The number of hydrogen-bond donors (Lipinski definition) is 2. The fourth-order valence-electron chi connectivity index (χ4n) is 3.77. The van der Waals surface area contributed by atoms with Crippen LogP contribution in [0.2, 0.25) is 0 Å². The molecule has 0 aromatic heterocycles. The van der Waals surface area contributed by atoms with Crippen molar-refractivity contribution in [2.45, 2.75) is 32.2 Å². The highest BCUT2D eigenvalue weighted by Gasteiger charge is 2.26. The number of para-hydroxylation sites is 1. The van der Waals surface area contributed by atoms with Crippen molar-refractivity contribution in [3.8, 4) is 0 Å². The maximum Gasteiger partial charge on any atom is 0.409 e.